The van der Waals surface area contributed by atoms with E-state index in [4.69, 9.17) is 5.73 Å². The number of nitrogens with zero attached hydrogens (tertiary/aromatic N) is 1. The number of nitrogens with two attached hydrogens (primary N) is 1. The van der Waals surface area contributed by atoms with E-state index in [0.717, 1.165) is 10.2 Å². The van der Waals surface area contributed by atoms with Gasteiger partial charge in [0, 0.05) is 34.4 Å². The second-order valence-electron chi connectivity index (χ2n) is 5.27. The molecule has 1 aliphatic heterocycles. The number of hydrogen-bond acceptors (Lipinski definition) is 2. The predicted molar refractivity (Wildman–Crippen MR) is 71.7 cm³/mol. The highest BCUT2D eigenvalue weighted by Gasteiger charge is 2.44. The number of nitrogen functional groups attached to an aromatic ring is 1. The molecule has 3 heteroatoms. The first kappa shape index (κ1) is 10.5. The van der Waals surface area contributed by atoms with Crippen molar-refractivity contribution in [1.82, 2.24) is 0 Å². The van der Waals surface area contributed by atoms with Crippen molar-refractivity contribution < 1.29 is 0 Å². The highest BCUT2D eigenvalue weighted by Crippen LogP contribution is 2.47. The van der Waals surface area contributed by atoms with Crippen molar-refractivity contribution in [3.8, 4) is 0 Å². The molecule has 1 heterocycles. The van der Waals surface area contributed by atoms with Crippen LogP contribution in [0.15, 0.2) is 22.7 Å². The van der Waals surface area contributed by atoms with Gasteiger partial charge in [0.2, 0.25) is 0 Å². The fraction of sp³-hybridized carbons (Fsp3) is 0.538. The molecule has 86 valence electrons. The van der Waals surface area contributed by atoms with Crippen LogP contribution in [-0.4, -0.2) is 13.1 Å². The zero-order valence-electron chi connectivity index (χ0n) is 9.38. The minimum absolute atomic E-state index is 0.655. The summed E-state index contributed by atoms with van der Waals surface area (Å²) in [5, 5.41) is 0. The number of hydrogen-bond donors (Lipinski definition) is 1. The summed E-state index contributed by atoms with van der Waals surface area (Å²) in [7, 11) is 0. The Kier molecular flexibility index (Phi) is 2.39. The van der Waals surface area contributed by atoms with Gasteiger partial charge in [-0.2, -0.15) is 0 Å². The van der Waals surface area contributed by atoms with Gasteiger partial charge in [-0.05, 0) is 47.0 Å². The van der Waals surface area contributed by atoms with Crippen LogP contribution < -0.4 is 10.6 Å². The largest absolute Gasteiger partial charge is 0.398 e. The van der Waals surface area contributed by atoms with E-state index in [1.807, 2.05) is 6.07 Å². The van der Waals surface area contributed by atoms with Gasteiger partial charge in [0.1, 0.15) is 0 Å². The van der Waals surface area contributed by atoms with Crippen LogP contribution in [0.1, 0.15) is 25.7 Å². The van der Waals surface area contributed by atoms with E-state index in [1.165, 1.54) is 44.5 Å². The molecule has 0 atom stereocenters. The molecule has 3 rings (SSSR count). The van der Waals surface area contributed by atoms with Gasteiger partial charge in [0.25, 0.3) is 0 Å². The lowest BCUT2D eigenvalue weighted by molar-refractivity contribution is 0.222. The minimum atomic E-state index is 0.655. The molecule has 0 unspecified atom stereocenters. The van der Waals surface area contributed by atoms with E-state index < -0.39 is 0 Å². The normalized spacial score (nSPS) is 22.4. The first-order valence-corrected chi connectivity index (χ1v) is 6.78. The predicted octanol–water partition coefficient (Wildman–Crippen LogP) is 3.41. The van der Waals surface area contributed by atoms with Crippen molar-refractivity contribution in [2.24, 2.45) is 5.41 Å². The Hall–Kier alpha value is -0.700. The van der Waals surface area contributed by atoms with Crippen molar-refractivity contribution in [3.63, 3.8) is 0 Å². The molecule has 2 fully saturated rings. The molecule has 1 saturated carbocycles. The van der Waals surface area contributed by atoms with Gasteiger partial charge in [0.15, 0.2) is 0 Å². The van der Waals surface area contributed by atoms with E-state index in [0.29, 0.717) is 5.41 Å². The van der Waals surface area contributed by atoms with Crippen LogP contribution in [0.5, 0.6) is 0 Å². The SMILES string of the molecule is Nc1cc(N2CC3(CCCC3)C2)ccc1Br. The molecule has 16 heavy (non-hydrogen) atoms. The summed E-state index contributed by atoms with van der Waals surface area (Å²) in [5.74, 6) is 0. The van der Waals surface area contributed by atoms with Gasteiger partial charge in [0.05, 0.1) is 0 Å². The van der Waals surface area contributed by atoms with E-state index in [1.54, 1.807) is 0 Å². The van der Waals surface area contributed by atoms with Crippen molar-refractivity contribution >= 4 is 27.3 Å². The van der Waals surface area contributed by atoms with Crippen molar-refractivity contribution in [2.45, 2.75) is 25.7 Å². The smallest absolute Gasteiger partial charge is 0.0479 e. The zero-order valence-corrected chi connectivity index (χ0v) is 11.0. The van der Waals surface area contributed by atoms with Crippen molar-refractivity contribution in [3.05, 3.63) is 22.7 Å². The highest BCUT2D eigenvalue weighted by atomic mass is 79.9. The van der Waals surface area contributed by atoms with Crippen molar-refractivity contribution in [2.75, 3.05) is 23.7 Å². The van der Waals surface area contributed by atoms with Crippen LogP contribution in [0.3, 0.4) is 0 Å². The average molecular weight is 281 g/mol. The van der Waals surface area contributed by atoms with E-state index in [-0.39, 0.29) is 0 Å². The second-order valence-corrected chi connectivity index (χ2v) is 6.12. The van der Waals surface area contributed by atoms with Gasteiger partial charge < -0.3 is 10.6 Å². The van der Waals surface area contributed by atoms with Gasteiger partial charge in [-0.1, -0.05) is 12.8 Å². The van der Waals surface area contributed by atoms with E-state index >= 15 is 0 Å². The summed E-state index contributed by atoms with van der Waals surface area (Å²) in [6, 6.07) is 6.28. The molecule has 0 radical (unpaired) electrons. The molecule has 1 saturated heterocycles. The highest BCUT2D eigenvalue weighted by molar-refractivity contribution is 9.10. The van der Waals surface area contributed by atoms with E-state index in [2.05, 4.69) is 33.0 Å². The Balaban J connectivity index is 1.73. The number of benzene rings is 1. The van der Waals surface area contributed by atoms with Crippen molar-refractivity contribution in [1.29, 1.82) is 0 Å². The maximum absolute atomic E-state index is 5.91. The molecular formula is C13H17BrN2. The van der Waals surface area contributed by atoms with Gasteiger partial charge in [-0.25, -0.2) is 0 Å². The first-order valence-electron chi connectivity index (χ1n) is 5.99. The van der Waals surface area contributed by atoms with Crippen LogP contribution in [-0.2, 0) is 0 Å². The fourth-order valence-electron chi connectivity index (χ4n) is 3.12. The van der Waals surface area contributed by atoms with Gasteiger partial charge in [-0.3, -0.25) is 0 Å². The number of halogens is 1. The molecular weight excluding hydrogens is 264 g/mol. The van der Waals surface area contributed by atoms with Crippen LogP contribution in [0.4, 0.5) is 11.4 Å². The summed E-state index contributed by atoms with van der Waals surface area (Å²) in [6.07, 6.45) is 5.71. The molecule has 1 aliphatic carbocycles. The lowest BCUT2D eigenvalue weighted by Gasteiger charge is -2.49. The van der Waals surface area contributed by atoms with Crippen LogP contribution >= 0.6 is 15.9 Å². The Morgan fingerprint density at radius 1 is 1.19 bits per heavy atom. The van der Waals surface area contributed by atoms with Crippen LogP contribution in [0.2, 0.25) is 0 Å². The van der Waals surface area contributed by atoms with Crippen LogP contribution in [0, 0.1) is 5.41 Å². The third-order valence-electron chi connectivity index (χ3n) is 4.06. The molecule has 0 bridgehead atoms. The maximum atomic E-state index is 5.91. The Labute approximate surface area is 105 Å². The Morgan fingerprint density at radius 2 is 1.88 bits per heavy atom. The first-order chi connectivity index (χ1) is 7.69. The summed E-state index contributed by atoms with van der Waals surface area (Å²) in [5.41, 5.74) is 8.68. The van der Waals surface area contributed by atoms with Gasteiger partial charge in [-0.15, -0.1) is 0 Å². The van der Waals surface area contributed by atoms with Crippen LogP contribution in [0.25, 0.3) is 0 Å². The summed E-state index contributed by atoms with van der Waals surface area (Å²) >= 11 is 3.43. The second kappa shape index (κ2) is 3.66. The number of anilines is 2. The molecule has 2 N–H and O–H groups in total. The summed E-state index contributed by atoms with van der Waals surface area (Å²) < 4.78 is 0.993. The fourth-order valence-corrected chi connectivity index (χ4v) is 3.36. The lowest BCUT2D eigenvalue weighted by Crippen LogP contribution is -2.55. The molecule has 0 amide bonds. The molecule has 1 aromatic rings. The lowest BCUT2D eigenvalue weighted by atomic mass is 9.78. The Bertz CT molecular complexity index is 402. The number of rotatable bonds is 1. The zero-order chi connectivity index (χ0) is 11.2. The summed E-state index contributed by atoms with van der Waals surface area (Å²) in [4.78, 5) is 2.45. The Morgan fingerprint density at radius 3 is 2.50 bits per heavy atom. The van der Waals surface area contributed by atoms with E-state index in [9.17, 15) is 0 Å². The summed E-state index contributed by atoms with van der Waals surface area (Å²) in [6.45, 7) is 2.46. The quantitative estimate of drug-likeness (QED) is 0.799. The maximum Gasteiger partial charge on any atom is 0.0479 e. The third-order valence-corrected chi connectivity index (χ3v) is 4.78. The molecule has 1 aromatic carbocycles. The van der Waals surface area contributed by atoms with Gasteiger partial charge >= 0.3 is 0 Å². The third kappa shape index (κ3) is 1.61. The topological polar surface area (TPSA) is 29.3 Å². The average Bonchev–Trinajstić information content (AvgIpc) is 2.69. The minimum Gasteiger partial charge on any atom is -0.398 e. The standard InChI is InChI=1S/C13H17BrN2/c14-11-4-3-10(7-12(11)15)16-8-13(9-16)5-1-2-6-13/h3-4,7H,1-2,5-6,8-9,15H2. The molecule has 2 nitrogen and oxygen atoms in total. The molecule has 0 aromatic heterocycles. The monoisotopic (exact) mass is 280 g/mol. The molecule has 1 spiro atoms. The molecule has 2 aliphatic rings.